The highest BCUT2D eigenvalue weighted by Crippen LogP contribution is 2.57. The van der Waals surface area contributed by atoms with Crippen molar-refractivity contribution in [2.24, 2.45) is 0 Å². The number of rotatable bonds is 1. The van der Waals surface area contributed by atoms with Gasteiger partial charge in [-0.2, -0.15) is 26.3 Å². The molecule has 0 fully saturated rings. The molecule has 2 atom stereocenters. The molecule has 0 N–H and O–H groups in total. The zero-order valence-electron chi connectivity index (χ0n) is 6.40. The summed E-state index contributed by atoms with van der Waals surface area (Å²) in [7, 11) is 0. The Bertz CT molecular complexity index is 193. The van der Waals surface area contributed by atoms with Gasteiger partial charge in [-0.3, -0.25) is 0 Å². The number of alkyl halides is 9. The summed E-state index contributed by atoms with van der Waals surface area (Å²) in [6.07, 6.45) is -10.5. The van der Waals surface area contributed by atoms with Crippen molar-refractivity contribution in [1.29, 1.82) is 0 Å². The number of hydrogen-bond acceptors (Lipinski definition) is 0. The van der Waals surface area contributed by atoms with Crippen LogP contribution < -0.4 is 0 Å². The highest BCUT2D eigenvalue weighted by molar-refractivity contribution is 14.1. The Morgan fingerprint density at radius 1 is 0.857 bits per heavy atom. The second-order valence-corrected chi connectivity index (χ2v) is 6.15. The van der Waals surface area contributed by atoms with Crippen LogP contribution in [0.4, 0.5) is 26.3 Å². The first-order chi connectivity index (χ1) is 5.75. The lowest BCUT2D eigenvalue weighted by atomic mass is 10.1. The highest BCUT2D eigenvalue weighted by Gasteiger charge is 2.72. The molecule has 0 radical (unpaired) electrons. The SMILES string of the molecule is CC(Cl)(C(F)(F)F)C(Cl)(I)C(F)(F)F. The molecule has 0 bridgehead atoms. The van der Waals surface area contributed by atoms with Crippen molar-refractivity contribution < 1.29 is 26.3 Å². The quantitative estimate of drug-likeness (QED) is 0.360. The second kappa shape index (κ2) is 3.73. The second-order valence-electron chi connectivity index (χ2n) is 2.57. The van der Waals surface area contributed by atoms with Gasteiger partial charge in [-0.15, -0.1) is 11.6 Å². The van der Waals surface area contributed by atoms with Gasteiger partial charge >= 0.3 is 12.4 Å². The van der Waals surface area contributed by atoms with Gasteiger partial charge in [-0.25, -0.2) is 0 Å². The summed E-state index contributed by atoms with van der Waals surface area (Å²) < 4.78 is 69.2. The van der Waals surface area contributed by atoms with Gasteiger partial charge in [0.25, 0.3) is 0 Å². The summed E-state index contributed by atoms with van der Waals surface area (Å²) in [6, 6.07) is 0. The summed E-state index contributed by atoms with van der Waals surface area (Å²) in [4.78, 5) is -3.58. The van der Waals surface area contributed by atoms with Crippen LogP contribution in [0.5, 0.6) is 0 Å². The first-order valence-corrected chi connectivity index (χ1v) is 4.79. The van der Waals surface area contributed by atoms with Crippen LogP contribution in [0.1, 0.15) is 6.92 Å². The van der Waals surface area contributed by atoms with Crippen LogP contribution in [-0.4, -0.2) is 20.1 Å². The minimum absolute atomic E-state index is 0.182. The normalized spacial score (nSPS) is 22.7. The Hall–Kier alpha value is 0.890. The third-order valence-electron chi connectivity index (χ3n) is 1.48. The van der Waals surface area contributed by atoms with Crippen LogP contribution >= 0.6 is 45.8 Å². The molecule has 0 spiro atoms. The molecule has 0 aromatic rings. The van der Waals surface area contributed by atoms with Crippen LogP contribution in [0.25, 0.3) is 0 Å². The largest absolute Gasteiger partial charge is 0.418 e. The highest BCUT2D eigenvalue weighted by atomic mass is 127. The van der Waals surface area contributed by atoms with Gasteiger partial charge in [0.05, 0.1) is 0 Å². The van der Waals surface area contributed by atoms with E-state index in [1.807, 2.05) is 0 Å². The smallest absolute Gasteiger partial charge is 0.169 e. The maximum absolute atomic E-state index is 12.1. The fraction of sp³-hybridized carbons (Fsp3) is 1.00. The van der Waals surface area contributed by atoms with E-state index in [1.165, 1.54) is 0 Å². The molecule has 0 amide bonds. The molecule has 0 nitrogen and oxygen atoms in total. The van der Waals surface area contributed by atoms with Crippen molar-refractivity contribution in [3.63, 3.8) is 0 Å². The van der Waals surface area contributed by atoms with E-state index < -0.39 is 20.1 Å². The van der Waals surface area contributed by atoms with Gasteiger partial charge in [0.1, 0.15) is 0 Å². The van der Waals surface area contributed by atoms with E-state index in [9.17, 15) is 26.3 Å². The van der Waals surface area contributed by atoms with Crippen molar-refractivity contribution >= 4 is 45.8 Å². The molecular formula is C5H3Cl2F6I. The van der Waals surface area contributed by atoms with Gasteiger partial charge < -0.3 is 0 Å². The summed E-state index contributed by atoms with van der Waals surface area (Å²) in [6.45, 7) is 0.182. The number of hydrogen-bond donors (Lipinski definition) is 0. The molecule has 0 heterocycles. The van der Waals surface area contributed by atoms with Gasteiger partial charge in [-0.1, -0.05) is 11.6 Å². The molecule has 0 aliphatic rings. The molecule has 0 aliphatic carbocycles. The third-order valence-corrected chi connectivity index (χ3v) is 4.67. The van der Waals surface area contributed by atoms with Gasteiger partial charge in [0.2, 0.25) is 2.88 Å². The van der Waals surface area contributed by atoms with E-state index in [0.29, 0.717) is 22.6 Å². The molecule has 9 heteroatoms. The zero-order chi connectivity index (χ0) is 12.0. The van der Waals surface area contributed by atoms with Crippen LogP contribution in [0.15, 0.2) is 0 Å². The standard InChI is InChI=1S/C5H3Cl2F6I/c1-2(6,4(8,9)10)3(7,14)5(11,12)13/h1H3. The number of halogens is 9. The van der Waals surface area contributed by atoms with E-state index in [2.05, 4.69) is 0 Å². The molecule has 86 valence electrons. The first kappa shape index (κ1) is 14.9. The Kier molecular flexibility index (Phi) is 3.96. The van der Waals surface area contributed by atoms with Crippen LogP contribution in [-0.2, 0) is 0 Å². The fourth-order valence-corrected chi connectivity index (χ4v) is 0.964. The molecule has 0 saturated carbocycles. The zero-order valence-corrected chi connectivity index (χ0v) is 10.1. The molecule has 14 heavy (non-hydrogen) atoms. The molecular weight excluding hydrogens is 372 g/mol. The lowest BCUT2D eigenvalue weighted by Crippen LogP contribution is -2.57. The van der Waals surface area contributed by atoms with Crippen LogP contribution in [0.2, 0.25) is 0 Å². The first-order valence-electron chi connectivity index (χ1n) is 2.95. The monoisotopic (exact) mass is 374 g/mol. The molecule has 0 aromatic carbocycles. The Labute approximate surface area is 99.1 Å². The average Bonchev–Trinajstić information content (AvgIpc) is 1.81. The van der Waals surface area contributed by atoms with E-state index in [0.717, 1.165) is 0 Å². The Morgan fingerprint density at radius 3 is 1.21 bits per heavy atom. The maximum atomic E-state index is 12.1. The van der Waals surface area contributed by atoms with Gasteiger partial charge in [-0.05, 0) is 29.5 Å². The van der Waals surface area contributed by atoms with E-state index in [-0.39, 0.29) is 6.92 Å². The topological polar surface area (TPSA) is 0 Å². The van der Waals surface area contributed by atoms with Crippen molar-refractivity contribution in [1.82, 2.24) is 0 Å². The van der Waals surface area contributed by atoms with Crippen molar-refractivity contribution in [2.45, 2.75) is 27.0 Å². The Balaban J connectivity index is 5.30. The van der Waals surface area contributed by atoms with Crippen LogP contribution in [0, 0.1) is 0 Å². The van der Waals surface area contributed by atoms with Crippen molar-refractivity contribution in [3.05, 3.63) is 0 Å². The maximum Gasteiger partial charge on any atom is 0.418 e. The van der Waals surface area contributed by atoms with Gasteiger partial charge in [0.15, 0.2) is 4.87 Å². The average molecular weight is 375 g/mol. The minimum Gasteiger partial charge on any atom is -0.169 e. The summed E-state index contributed by atoms with van der Waals surface area (Å²) >= 11 is 10.0. The molecule has 2 unspecified atom stereocenters. The summed E-state index contributed by atoms with van der Waals surface area (Å²) in [5.41, 5.74) is 0. The van der Waals surface area contributed by atoms with Crippen molar-refractivity contribution in [2.75, 3.05) is 0 Å². The Morgan fingerprint density at radius 2 is 1.14 bits per heavy atom. The lowest BCUT2D eigenvalue weighted by Gasteiger charge is -2.37. The molecule has 0 aromatic heterocycles. The fourth-order valence-electron chi connectivity index (χ4n) is 0.444. The minimum atomic E-state index is -5.26. The summed E-state index contributed by atoms with van der Waals surface area (Å²) in [5, 5.41) is 0. The predicted molar refractivity (Wildman–Crippen MR) is 49.0 cm³/mol. The van der Waals surface area contributed by atoms with Gasteiger partial charge in [0, 0.05) is 0 Å². The lowest BCUT2D eigenvalue weighted by molar-refractivity contribution is -0.203. The van der Waals surface area contributed by atoms with E-state index in [4.69, 9.17) is 23.2 Å². The molecule has 0 aliphatic heterocycles. The molecule has 0 saturated heterocycles. The molecule has 0 rings (SSSR count). The van der Waals surface area contributed by atoms with Crippen molar-refractivity contribution in [3.8, 4) is 0 Å². The third kappa shape index (κ3) is 2.34. The van der Waals surface area contributed by atoms with Crippen LogP contribution in [0.3, 0.4) is 0 Å². The predicted octanol–water partition coefficient (Wildman–Crippen LogP) is 4.48. The van der Waals surface area contributed by atoms with E-state index >= 15 is 0 Å². The summed E-state index contributed by atoms with van der Waals surface area (Å²) in [5.74, 6) is 0. The van der Waals surface area contributed by atoms with E-state index in [1.54, 1.807) is 0 Å².